The van der Waals surface area contributed by atoms with E-state index in [2.05, 4.69) is 22.8 Å². The standard InChI is InChI=1S/C31H38F2N4O3S/c1-31(32,33)16-8-18-40-25-13-6-11-23(19-25)14-15-24-20-26-28(30(39)34-24)29(35-27(38)21-41-2)37(36-26)17-7-12-22-9-4-3-5-10-22/h3-6,9-11,13,19,24H,7-8,12,14-18,20-21H2,1-2H3,(H,34,39)(H,35,38). The van der Waals surface area contributed by atoms with E-state index in [1.165, 1.54) is 17.3 Å². The fraction of sp³-hybridized carbons (Fsp3) is 0.452. The van der Waals surface area contributed by atoms with E-state index in [-0.39, 0.29) is 37.3 Å². The Kier molecular flexibility index (Phi) is 10.8. The number of carbonyl (C=O) groups excluding carboxylic acids is 2. The average molecular weight is 585 g/mol. The van der Waals surface area contributed by atoms with Gasteiger partial charge in [0.1, 0.15) is 17.1 Å². The van der Waals surface area contributed by atoms with E-state index in [9.17, 15) is 18.4 Å². The smallest absolute Gasteiger partial charge is 0.257 e. The fourth-order valence-corrected chi connectivity index (χ4v) is 5.31. The van der Waals surface area contributed by atoms with Gasteiger partial charge >= 0.3 is 0 Å². The molecule has 41 heavy (non-hydrogen) atoms. The van der Waals surface area contributed by atoms with Crippen molar-refractivity contribution in [3.8, 4) is 5.75 Å². The van der Waals surface area contributed by atoms with Gasteiger partial charge in [0.05, 0.1) is 18.1 Å². The third kappa shape index (κ3) is 9.31. The van der Waals surface area contributed by atoms with Gasteiger partial charge in [-0.2, -0.15) is 16.9 Å². The molecule has 0 aliphatic carbocycles. The van der Waals surface area contributed by atoms with Crippen molar-refractivity contribution >= 4 is 29.4 Å². The lowest BCUT2D eigenvalue weighted by atomic mass is 9.96. The Balaban J connectivity index is 1.38. The van der Waals surface area contributed by atoms with Crippen LogP contribution in [-0.2, 0) is 30.6 Å². The van der Waals surface area contributed by atoms with Crippen LogP contribution in [0.1, 0.15) is 59.8 Å². The number of carbonyl (C=O) groups is 2. The fourth-order valence-electron chi connectivity index (χ4n) is 4.98. The number of fused-ring (bicyclic) bond motifs is 1. The van der Waals surface area contributed by atoms with Crippen LogP contribution in [0.2, 0.25) is 0 Å². The minimum absolute atomic E-state index is 0.103. The summed E-state index contributed by atoms with van der Waals surface area (Å²) in [7, 11) is 0. The van der Waals surface area contributed by atoms with Gasteiger partial charge in [-0.1, -0.05) is 42.5 Å². The number of halogens is 2. The van der Waals surface area contributed by atoms with Crippen molar-refractivity contribution in [3.05, 3.63) is 77.0 Å². The molecular formula is C31H38F2N4O3S. The van der Waals surface area contributed by atoms with Crippen molar-refractivity contribution in [2.45, 2.75) is 70.4 Å². The molecule has 220 valence electrons. The van der Waals surface area contributed by atoms with Crippen LogP contribution in [-0.4, -0.2) is 52.2 Å². The highest BCUT2D eigenvalue weighted by atomic mass is 32.2. The summed E-state index contributed by atoms with van der Waals surface area (Å²) in [6.07, 6.45) is 5.60. The highest BCUT2D eigenvalue weighted by Crippen LogP contribution is 2.27. The number of hydrogen-bond acceptors (Lipinski definition) is 5. The molecule has 0 saturated heterocycles. The van der Waals surface area contributed by atoms with Gasteiger partial charge in [0.25, 0.3) is 5.91 Å². The predicted molar refractivity (Wildman–Crippen MR) is 159 cm³/mol. The van der Waals surface area contributed by atoms with Crippen LogP contribution in [0, 0.1) is 0 Å². The van der Waals surface area contributed by atoms with E-state index in [1.807, 2.05) is 48.7 Å². The minimum Gasteiger partial charge on any atom is -0.494 e. The molecule has 0 saturated carbocycles. The van der Waals surface area contributed by atoms with Gasteiger partial charge in [0.2, 0.25) is 11.8 Å². The summed E-state index contributed by atoms with van der Waals surface area (Å²) >= 11 is 1.42. The molecule has 2 N–H and O–H groups in total. The summed E-state index contributed by atoms with van der Waals surface area (Å²) in [5, 5.41) is 10.8. The lowest BCUT2D eigenvalue weighted by Gasteiger charge is -2.23. The van der Waals surface area contributed by atoms with Crippen molar-refractivity contribution in [1.29, 1.82) is 0 Å². The van der Waals surface area contributed by atoms with Crippen LogP contribution >= 0.6 is 11.8 Å². The van der Waals surface area contributed by atoms with Crippen LogP contribution < -0.4 is 15.4 Å². The Hall–Kier alpha value is -3.40. The molecule has 7 nitrogen and oxygen atoms in total. The van der Waals surface area contributed by atoms with Crippen molar-refractivity contribution in [2.75, 3.05) is 23.9 Å². The molecule has 1 atom stereocenters. The second-order valence-corrected chi connectivity index (χ2v) is 11.4. The number of thioether (sulfide) groups is 1. The number of alkyl halides is 2. The number of rotatable bonds is 15. The summed E-state index contributed by atoms with van der Waals surface area (Å²) in [5.74, 6) is -1.67. The van der Waals surface area contributed by atoms with Gasteiger partial charge < -0.3 is 15.4 Å². The van der Waals surface area contributed by atoms with Gasteiger partial charge in [-0.25, -0.2) is 13.5 Å². The Morgan fingerprint density at radius 1 is 1.15 bits per heavy atom. The molecule has 3 aromatic rings. The van der Waals surface area contributed by atoms with Crippen molar-refractivity contribution < 1.29 is 23.1 Å². The van der Waals surface area contributed by atoms with Crippen LogP contribution in [0.25, 0.3) is 0 Å². The van der Waals surface area contributed by atoms with Gasteiger partial charge in [-0.3, -0.25) is 9.59 Å². The predicted octanol–water partition coefficient (Wildman–Crippen LogP) is 5.92. The van der Waals surface area contributed by atoms with Gasteiger partial charge in [0.15, 0.2) is 0 Å². The maximum Gasteiger partial charge on any atom is 0.257 e. The first-order chi connectivity index (χ1) is 19.7. The van der Waals surface area contributed by atoms with Crippen LogP contribution in [0.5, 0.6) is 5.75 Å². The zero-order chi connectivity index (χ0) is 29.2. The topological polar surface area (TPSA) is 85.2 Å². The number of aromatic nitrogens is 2. The van der Waals surface area contributed by atoms with E-state index in [0.717, 1.165) is 25.3 Å². The van der Waals surface area contributed by atoms with Crippen LogP contribution in [0.15, 0.2) is 54.6 Å². The van der Waals surface area contributed by atoms with Gasteiger partial charge in [-0.15, -0.1) is 0 Å². The SMILES string of the molecule is CSCC(=O)Nc1c2c(nn1CCCc1ccccc1)CC(CCc1cccc(OCCCC(C)(F)F)c1)NC2=O. The minimum atomic E-state index is -2.69. The summed E-state index contributed by atoms with van der Waals surface area (Å²) in [6.45, 7) is 1.73. The highest BCUT2D eigenvalue weighted by molar-refractivity contribution is 7.99. The molecule has 0 radical (unpaired) electrons. The zero-order valence-corrected chi connectivity index (χ0v) is 24.4. The van der Waals surface area contributed by atoms with E-state index < -0.39 is 5.92 Å². The molecule has 2 aromatic carbocycles. The first-order valence-corrected chi connectivity index (χ1v) is 15.4. The summed E-state index contributed by atoms with van der Waals surface area (Å²) in [4.78, 5) is 25.7. The third-order valence-corrected chi connectivity index (χ3v) is 7.50. The number of benzene rings is 2. The normalized spacial score (nSPS) is 14.8. The molecular weight excluding hydrogens is 546 g/mol. The Bertz CT molecular complexity index is 1310. The van der Waals surface area contributed by atoms with E-state index in [4.69, 9.17) is 9.84 Å². The molecule has 0 spiro atoms. The number of aryl methyl sites for hydroxylation is 3. The monoisotopic (exact) mass is 584 g/mol. The second-order valence-electron chi connectivity index (χ2n) is 10.5. The second kappa shape index (κ2) is 14.5. The van der Waals surface area contributed by atoms with Crippen LogP contribution in [0.3, 0.4) is 0 Å². The van der Waals surface area contributed by atoms with Crippen molar-refractivity contribution in [1.82, 2.24) is 15.1 Å². The first kappa shape index (κ1) is 30.6. The molecule has 1 aromatic heterocycles. The molecule has 10 heteroatoms. The molecule has 0 fully saturated rings. The molecule has 2 amide bonds. The molecule has 1 aliphatic heterocycles. The Labute approximate surface area is 244 Å². The third-order valence-electron chi connectivity index (χ3n) is 6.95. The number of hydrogen-bond donors (Lipinski definition) is 2. The Morgan fingerprint density at radius 3 is 2.68 bits per heavy atom. The van der Waals surface area contributed by atoms with Gasteiger partial charge in [0, 0.05) is 25.4 Å². The van der Waals surface area contributed by atoms with E-state index in [1.54, 1.807) is 4.68 Å². The largest absolute Gasteiger partial charge is 0.494 e. The summed E-state index contributed by atoms with van der Waals surface area (Å²) < 4.78 is 33.5. The number of nitrogens with one attached hydrogen (secondary N) is 2. The summed E-state index contributed by atoms with van der Waals surface area (Å²) in [6, 6.07) is 17.7. The van der Waals surface area contributed by atoms with Gasteiger partial charge in [-0.05, 0) is 68.5 Å². The maximum atomic E-state index is 13.3. The highest BCUT2D eigenvalue weighted by Gasteiger charge is 2.32. The van der Waals surface area contributed by atoms with E-state index >= 15 is 0 Å². The lowest BCUT2D eigenvalue weighted by Crippen LogP contribution is -2.41. The first-order valence-electron chi connectivity index (χ1n) is 14.0. The van der Waals surface area contributed by atoms with E-state index in [0.29, 0.717) is 54.4 Å². The number of amides is 2. The molecule has 2 heterocycles. The molecule has 1 unspecified atom stereocenters. The van der Waals surface area contributed by atoms with Crippen molar-refractivity contribution in [2.24, 2.45) is 0 Å². The molecule has 0 bridgehead atoms. The number of ether oxygens (including phenoxy) is 1. The summed E-state index contributed by atoms with van der Waals surface area (Å²) in [5.41, 5.74) is 3.41. The lowest BCUT2D eigenvalue weighted by molar-refractivity contribution is -0.113. The zero-order valence-electron chi connectivity index (χ0n) is 23.6. The maximum absolute atomic E-state index is 13.3. The van der Waals surface area contributed by atoms with Crippen molar-refractivity contribution in [3.63, 3.8) is 0 Å². The Morgan fingerprint density at radius 2 is 1.93 bits per heavy atom. The number of nitrogens with zero attached hydrogens (tertiary/aromatic N) is 2. The number of anilines is 1. The molecule has 4 rings (SSSR count). The quantitative estimate of drug-likeness (QED) is 0.217. The average Bonchev–Trinajstić information content (AvgIpc) is 3.27. The van der Waals surface area contributed by atoms with Crippen LogP contribution in [0.4, 0.5) is 14.6 Å². The molecule has 1 aliphatic rings.